The summed E-state index contributed by atoms with van der Waals surface area (Å²) in [5.74, 6) is -3.45. The van der Waals surface area contributed by atoms with E-state index >= 15 is 0 Å². The molecule has 0 bridgehead atoms. The molecule has 13 heavy (non-hydrogen) atoms. The van der Waals surface area contributed by atoms with Crippen molar-refractivity contribution in [2.45, 2.75) is 37.5 Å². The van der Waals surface area contributed by atoms with Crippen molar-refractivity contribution >= 4 is 0 Å². The van der Waals surface area contributed by atoms with Gasteiger partial charge in [0.2, 0.25) is 0 Å². The van der Waals surface area contributed by atoms with Crippen LogP contribution in [-0.2, 0) is 0 Å². The summed E-state index contributed by atoms with van der Waals surface area (Å²) in [6.45, 7) is 2.81. The minimum atomic E-state index is -4.74. The van der Waals surface area contributed by atoms with Crippen LogP contribution in [0.3, 0.4) is 0 Å². The highest BCUT2D eigenvalue weighted by atomic mass is 19.4. The molecule has 0 saturated heterocycles. The molecule has 0 heterocycles. The van der Waals surface area contributed by atoms with Crippen molar-refractivity contribution < 1.29 is 26.3 Å². The first-order valence-electron chi connectivity index (χ1n) is 3.54. The highest BCUT2D eigenvalue weighted by Gasteiger charge is 2.37. The van der Waals surface area contributed by atoms with Gasteiger partial charge in [0, 0.05) is 12.8 Å². The van der Waals surface area contributed by atoms with Crippen LogP contribution in [-0.4, -0.2) is 18.3 Å². The zero-order chi connectivity index (χ0) is 10.7. The van der Waals surface area contributed by atoms with E-state index in [2.05, 4.69) is 6.92 Å². The van der Waals surface area contributed by atoms with Crippen LogP contribution in [0, 0.1) is 6.92 Å². The number of hydrogen-bond donors (Lipinski definition) is 0. The van der Waals surface area contributed by atoms with Crippen LogP contribution >= 0.6 is 0 Å². The van der Waals surface area contributed by atoms with Crippen LogP contribution in [0.25, 0.3) is 0 Å². The summed E-state index contributed by atoms with van der Waals surface area (Å²) in [6, 6.07) is 0. The largest absolute Gasteiger partial charge is 0.391 e. The van der Waals surface area contributed by atoms with Gasteiger partial charge in [0.15, 0.2) is 0 Å². The lowest BCUT2D eigenvalue weighted by atomic mass is 10.1. The summed E-state index contributed by atoms with van der Waals surface area (Å²) < 4.78 is 71.4. The lowest BCUT2D eigenvalue weighted by molar-refractivity contribution is -0.152. The van der Waals surface area contributed by atoms with Gasteiger partial charge in [-0.1, -0.05) is 0 Å². The molecule has 0 aliphatic carbocycles. The van der Waals surface area contributed by atoms with Crippen LogP contribution in [0.5, 0.6) is 0 Å². The minimum Gasteiger partial charge on any atom is -0.247 e. The van der Waals surface area contributed by atoms with Crippen molar-refractivity contribution in [3.05, 3.63) is 6.92 Å². The van der Waals surface area contributed by atoms with Gasteiger partial charge in [0.1, 0.15) is 6.17 Å². The first-order valence-corrected chi connectivity index (χ1v) is 3.54. The molecule has 0 fully saturated rings. The molecule has 0 saturated carbocycles. The summed E-state index contributed by atoms with van der Waals surface area (Å²) in [5, 5.41) is 0. The predicted octanol–water partition coefficient (Wildman–Crippen LogP) is 3.53. The minimum absolute atomic E-state index is 0.898. The molecule has 6 heteroatoms. The molecule has 0 unspecified atom stereocenters. The fourth-order valence-electron chi connectivity index (χ4n) is 0.749. The second-order valence-electron chi connectivity index (χ2n) is 2.73. The second kappa shape index (κ2) is 4.19. The molecule has 0 aromatic carbocycles. The van der Waals surface area contributed by atoms with E-state index in [0.717, 1.165) is 0 Å². The molecule has 0 aromatic heterocycles. The number of halogens is 6. The smallest absolute Gasteiger partial charge is 0.247 e. The molecule has 0 spiro atoms. The van der Waals surface area contributed by atoms with Gasteiger partial charge in [-0.15, -0.1) is 0 Å². The van der Waals surface area contributed by atoms with E-state index in [1.807, 2.05) is 0 Å². The quantitative estimate of drug-likeness (QED) is 0.618. The molecule has 0 N–H and O–H groups in total. The van der Waals surface area contributed by atoms with Gasteiger partial charge in [-0.3, -0.25) is 0 Å². The Morgan fingerprint density at radius 1 is 1.00 bits per heavy atom. The monoisotopic (exact) mass is 207 g/mol. The van der Waals surface area contributed by atoms with Gasteiger partial charge >= 0.3 is 6.18 Å². The maximum atomic E-state index is 12.4. The van der Waals surface area contributed by atoms with E-state index < -0.39 is 37.5 Å². The van der Waals surface area contributed by atoms with E-state index in [1.165, 1.54) is 0 Å². The summed E-state index contributed by atoms with van der Waals surface area (Å²) in [5.41, 5.74) is 0. The van der Waals surface area contributed by atoms with E-state index in [0.29, 0.717) is 0 Å². The standard InChI is InChI=1S/C7H9F6/c1-2-6(9,10)3-5(8)4-7(11,12)13/h5H,1-4H2/t5-/m0/s1. The summed E-state index contributed by atoms with van der Waals surface area (Å²) >= 11 is 0. The van der Waals surface area contributed by atoms with Gasteiger partial charge < -0.3 is 0 Å². The van der Waals surface area contributed by atoms with Crippen molar-refractivity contribution in [2.75, 3.05) is 0 Å². The van der Waals surface area contributed by atoms with E-state index in [1.54, 1.807) is 0 Å². The first-order chi connectivity index (χ1) is 5.66. The average Bonchev–Trinajstić information content (AvgIpc) is 1.81. The molecule has 0 nitrogen and oxygen atoms in total. The molecular formula is C7H9F6. The van der Waals surface area contributed by atoms with Crippen LogP contribution in [0.15, 0.2) is 0 Å². The summed E-state index contributed by atoms with van der Waals surface area (Å²) in [6.07, 6.45) is -11.4. The van der Waals surface area contributed by atoms with Gasteiger partial charge in [-0.05, 0) is 6.92 Å². The molecule has 0 amide bonds. The zero-order valence-electron chi connectivity index (χ0n) is 6.67. The Hall–Kier alpha value is -0.420. The average molecular weight is 207 g/mol. The van der Waals surface area contributed by atoms with E-state index in [4.69, 9.17) is 0 Å². The van der Waals surface area contributed by atoms with Crippen LogP contribution in [0.1, 0.15) is 19.3 Å². The zero-order valence-corrected chi connectivity index (χ0v) is 6.67. The van der Waals surface area contributed by atoms with Gasteiger partial charge in [-0.2, -0.15) is 13.2 Å². The van der Waals surface area contributed by atoms with E-state index in [9.17, 15) is 26.3 Å². The SMILES string of the molecule is [CH2]CC(F)(F)C[C@H](F)CC(F)(F)F. The third kappa shape index (κ3) is 6.72. The molecule has 1 atom stereocenters. The Balaban J connectivity index is 3.94. The first kappa shape index (κ1) is 12.6. The Kier molecular flexibility index (Phi) is 4.06. The molecule has 0 aromatic rings. The third-order valence-corrected chi connectivity index (χ3v) is 1.34. The number of alkyl halides is 6. The molecule has 0 aliphatic heterocycles. The lowest BCUT2D eigenvalue weighted by Crippen LogP contribution is -2.25. The Bertz CT molecular complexity index is 150. The fraction of sp³-hybridized carbons (Fsp3) is 0.857. The molecular weight excluding hydrogens is 198 g/mol. The Labute approximate surface area is 71.9 Å². The maximum absolute atomic E-state index is 12.4. The third-order valence-electron chi connectivity index (χ3n) is 1.34. The molecule has 1 radical (unpaired) electrons. The van der Waals surface area contributed by atoms with Crippen molar-refractivity contribution in [1.82, 2.24) is 0 Å². The van der Waals surface area contributed by atoms with E-state index in [-0.39, 0.29) is 0 Å². The topological polar surface area (TPSA) is 0 Å². The predicted molar refractivity (Wildman–Crippen MR) is 35.1 cm³/mol. The Morgan fingerprint density at radius 3 is 1.77 bits per heavy atom. The van der Waals surface area contributed by atoms with Crippen LogP contribution in [0.4, 0.5) is 26.3 Å². The molecule has 79 valence electrons. The summed E-state index contributed by atoms with van der Waals surface area (Å²) in [7, 11) is 0. The summed E-state index contributed by atoms with van der Waals surface area (Å²) in [4.78, 5) is 0. The van der Waals surface area contributed by atoms with Crippen molar-refractivity contribution in [3.63, 3.8) is 0 Å². The van der Waals surface area contributed by atoms with Crippen molar-refractivity contribution in [1.29, 1.82) is 0 Å². The maximum Gasteiger partial charge on any atom is 0.391 e. The van der Waals surface area contributed by atoms with Crippen LogP contribution in [0.2, 0.25) is 0 Å². The van der Waals surface area contributed by atoms with Gasteiger partial charge in [-0.25, -0.2) is 13.2 Å². The highest BCUT2D eigenvalue weighted by Crippen LogP contribution is 2.31. The van der Waals surface area contributed by atoms with Crippen molar-refractivity contribution in [3.8, 4) is 0 Å². The Morgan fingerprint density at radius 2 is 1.46 bits per heavy atom. The number of rotatable bonds is 4. The van der Waals surface area contributed by atoms with Gasteiger partial charge in [0.25, 0.3) is 5.92 Å². The van der Waals surface area contributed by atoms with Crippen molar-refractivity contribution in [2.24, 2.45) is 0 Å². The lowest BCUT2D eigenvalue weighted by Gasteiger charge is -2.17. The van der Waals surface area contributed by atoms with Gasteiger partial charge in [0.05, 0.1) is 6.42 Å². The highest BCUT2D eigenvalue weighted by molar-refractivity contribution is 4.74. The molecule has 0 aliphatic rings. The molecule has 0 rings (SSSR count). The fourth-order valence-corrected chi connectivity index (χ4v) is 0.749. The number of hydrogen-bond acceptors (Lipinski definition) is 0. The second-order valence-corrected chi connectivity index (χ2v) is 2.73. The van der Waals surface area contributed by atoms with Crippen LogP contribution < -0.4 is 0 Å². The normalized spacial score (nSPS) is 15.9.